The summed E-state index contributed by atoms with van der Waals surface area (Å²) in [5.41, 5.74) is 1.67. The number of rotatable bonds is 11. The average Bonchev–Trinajstić information content (AvgIpc) is 2.84. The third-order valence-electron chi connectivity index (χ3n) is 6.23. The maximum absolute atomic E-state index is 9.68. The first-order valence-corrected chi connectivity index (χ1v) is 10.2. The van der Waals surface area contributed by atoms with Crippen molar-refractivity contribution in [3.63, 3.8) is 0 Å². The topological polar surface area (TPSA) is 20.2 Å². The molecule has 0 aromatic heterocycles. The van der Waals surface area contributed by atoms with Crippen LogP contribution in [0.15, 0.2) is 24.3 Å². The van der Waals surface area contributed by atoms with Crippen molar-refractivity contribution in [2.45, 2.75) is 86.0 Å². The molecule has 0 heterocycles. The predicted molar refractivity (Wildman–Crippen MR) is 107 cm³/mol. The number of allylic oxidation sites excluding steroid dienone is 3. The van der Waals surface area contributed by atoms with Crippen LogP contribution in [-0.4, -0.2) is 11.7 Å². The fourth-order valence-corrected chi connectivity index (χ4v) is 4.29. The molecule has 0 aromatic rings. The molecule has 0 radical (unpaired) electrons. The quantitative estimate of drug-likeness (QED) is 0.413. The molecule has 1 unspecified atom stereocenters. The summed E-state index contributed by atoms with van der Waals surface area (Å²) in [6.45, 7) is 16.0. The van der Waals surface area contributed by atoms with Crippen LogP contribution in [0.5, 0.6) is 0 Å². The Hall–Kier alpha value is -0.560. The molecule has 0 aliphatic heterocycles. The Morgan fingerprint density at radius 1 is 1.21 bits per heavy atom. The van der Waals surface area contributed by atoms with Gasteiger partial charge in [0.15, 0.2) is 0 Å². The maximum Gasteiger partial charge on any atom is 0.0465 e. The zero-order chi connectivity index (χ0) is 18.2. The van der Waals surface area contributed by atoms with Crippen LogP contribution in [0.3, 0.4) is 0 Å². The fourth-order valence-electron chi connectivity index (χ4n) is 4.29. The van der Waals surface area contributed by atoms with Crippen molar-refractivity contribution in [2.24, 2.45) is 29.1 Å². The van der Waals surface area contributed by atoms with Gasteiger partial charge in [-0.05, 0) is 61.7 Å². The maximum atomic E-state index is 9.68. The molecular formula is C23H42O. The van der Waals surface area contributed by atoms with Crippen molar-refractivity contribution in [1.82, 2.24) is 0 Å². The number of hydrogen-bond acceptors (Lipinski definition) is 1. The van der Waals surface area contributed by atoms with Gasteiger partial charge in [0.2, 0.25) is 0 Å². The van der Waals surface area contributed by atoms with Crippen LogP contribution in [0.2, 0.25) is 0 Å². The largest absolute Gasteiger partial charge is 0.396 e. The first-order valence-electron chi connectivity index (χ1n) is 10.2. The van der Waals surface area contributed by atoms with Gasteiger partial charge in [0.1, 0.15) is 0 Å². The molecule has 0 saturated heterocycles. The van der Waals surface area contributed by atoms with Crippen molar-refractivity contribution < 1.29 is 5.11 Å². The summed E-state index contributed by atoms with van der Waals surface area (Å²) in [6.07, 6.45) is 14.8. The van der Waals surface area contributed by atoms with Crippen molar-refractivity contribution in [3.8, 4) is 0 Å². The van der Waals surface area contributed by atoms with E-state index in [4.69, 9.17) is 0 Å². The molecule has 1 N–H and O–H groups in total. The SMILES string of the molecule is C=C[C@]1(C)CC[C@@H](CO)[C@@H]1/C=C(\C)CCCC(C)CCCC(C)C. The lowest BCUT2D eigenvalue weighted by Crippen LogP contribution is -2.23. The Balaban J connectivity index is 2.41. The van der Waals surface area contributed by atoms with Gasteiger partial charge in [-0.25, -0.2) is 0 Å². The highest BCUT2D eigenvalue weighted by Crippen LogP contribution is 2.48. The molecule has 1 saturated carbocycles. The Morgan fingerprint density at radius 3 is 2.46 bits per heavy atom. The second-order valence-corrected chi connectivity index (χ2v) is 9.05. The Kier molecular flexibility index (Phi) is 9.34. The van der Waals surface area contributed by atoms with Gasteiger partial charge in [-0.15, -0.1) is 6.58 Å². The summed E-state index contributed by atoms with van der Waals surface area (Å²) in [5, 5.41) is 9.68. The van der Waals surface area contributed by atoms with Gasteiger partial charge in [0.05, 0.1) is 0 Å². The monoisotopic (exact) mass is 334 g/mol. The molecule has 140 valence electrons. The lowest BCUT2D eigenvalue weighted by Gasteiger charge is -2.29. The average molecular weight is 335 g/mol. The second kappa shape index (κ2) is 10.4. The molecule has 1 heteroatoms. The summed E-state index contributed by atoms with van der Waals surface area (Å²) in [4.78, 5) is 0. The molecular weight excluding hydrogens is 292 g/mol. The Morgan fingerprint density at radius 2 is 1.88 bits per heavy atom. The van der Waals surface area contributed by atoms with E-state index in [9.17, 15) is 5.11 Å². The van der Waals surface area contributed by atoms with Gasteiger partial charge >= 0.3 is 0 Å². The van der Waals surface area contributed by atoms with Gasteiger partial charge < -0.3 is 5.11 Å². The lowest BCUT2D eigenvalue weighted by atomic mass is 9.76. The van der Waals surface area contributed by atoms with Crippen LogP contribution in [0.4, 0.5) is 0 Å². The van der Waals surface area contributed by atoms with Gasteiger partial charge in [0.25, 0.3) is 0 Å². The van der Waals surface area contributed by atoms with Gasteiger partial charge in [0, 0.05) is 6.61 Å². The minimum absolute atomic E-state index is 0.165. The van der Waals surface area contributed by atoms with Crippen molar-refractivity contribution in [2.75, 3.05) is 6.61 Å². The van der Waals surface area contributed by atoms with Crippen LogP contribution in [0.25, 0.3) is 0 Å². The van der Waals surface area contributed by atoms with Gasteiger partial charge in [-0.3, -0.25) is 0 Å². The van der Waals surface area contributed by atoms with E-state index in [1.54, 1.807) is 0 Å². The summed E-state index contributed by atoms with van der Waals surface area (Å²) in [7, 11) is 0. The molecule has 1 aliphatic rings. The number of hydrogen-bond donors (Lipinski definition) is 1. The Bertz CT molecular complexity index is 395. The molecule has 4 atom stereocenters. The summed E-state index contributed by atoms with van der Waals surface area (Å²) < 4.78 is 0. The fraction of sp³-hybridized carbons (Fsp3) is 0.826. The highest BCUT2D eigenvalue weighted by atomic mass is 16.3. The van der Waals surface area contributed by atoms with Crippen LogP contribution < -0.4 is 0 Å². The molecule has 1 rings (SSSR count). The van der Waals surface area contributed by atoms with Crippen molar-refractivity contribution in [1.29, 1.82) is 0 Å². The molecule has 1 fully saturated rings. The first-order chi connectivity index (χ1) is 11.3. The highest BCUT2D eigenvalue weighted by Gasteiger charge is 2.41. The van der Waals surface area contributed by atoms with Gasteiger partial charge in [-0.1, -0.05) is 71.1 Å². The molecule has 1 nitrogen and oxygen atoms in total. The minimum Gasteiger partial charge on any atom is -0.396 e. The molecule has 0 bridgehead atoms. The van der Waals surface area contributed by atoms with E-state index < -0.39 is 0 Å². The molecule has 0 spiro atoms. The highest BCUT2D eigenvalue weighted by molar-refractivity contribution is 5.14. The van der Waals surface area contributed by atoms with Crippen LogP contribution >= 0.6 is 0 Å². The molecule has 24 heavy (non-hydrogen) atoms. The second-order valence-electron chi connectivity index (χ2n) is 9.05. The number of aliphatic hydroxyl groups excluding tert-OH is 1. The predicted octanol–water partition coefficient (Wildman–Crippen LogP) is 6.78. The van der Waals surface area contributed by atoms with E-state index in [0.717, 1.165) is 24.7 Å². The lowest BCUT2D eigenvalue weighted by molar-refractivity contribution is 0.188. The van der Waals surface area contributed by atoms with Crippen LogP contribution in [0, 0.1) is 29.1 Å². The molecule has 1 aliphatic carbocycles. The zero-order valence-corrected chi connectivity index (χ0v) is 17.0. The van der Waals surface area contributed by atoms with Crippen LogP contribution in [0.1, 0.15) is 86.0 Å². The summed E-state index contributed by atoms with van der Waals surface area (Å²) in [6, 6.07) is 0. The van der Waals surface area contributed by atoms with Gasteiger partial charge in [-0.2, -0.15) is 0 Å². The Labute approximate surface area is 151 Å². The smallest absolute Gasteiger partial charge is 0.0465 e. The normalized spacial score (nSPS) is 29.2. The third kappa shape index (κ3) is 6.75. The van der Waals surface area contributed by atoms with E-state index in [1.165, 1.54) is 44.1 Å². The number of aliphatic hydroxyl groups is 1. The summed E-state index contributed by atoms with van der Waals surface area (Å²) >= 11 is 0. The van der Waals surface area contributed by atoms with E-state index in [-0.39, 0.29) is 5.41 Å². The standard InChI is InChI=1S/C23H42O/c1-7-23(6)15-14-21(17-24)22(23)16-20(5)13-9-12-19(4)11-8-10-18(2)3/h7,16,18-19,21-22,24H,1,8-15,17H2,2-6H3/b20-16+/t19?,21-,22-,23+/m0/s1. The van der Waals surface area contributed by atoms with E-state index in [0.29, 0.717) is 18.4 Å². The van der Waals surface area contributed by atoms with Crippen molar-refractivity contribution >= 4 is 0 Å². The first kappa shape index (κ1) is 21.5. The van der Waals surface area contributed by atoms with E-state index >= 15 is 0 Å². The molecule has 0 amide bonds. The molecule has 0 aromatic carbocycles. The summed E-state index contributed by atoms with van der Waals surface area (Å²) in [5.74, 6) is 2.57. The van der Waals surface area contributed by atoms with Crippen molar-refractivity contribution in [3.05, 3.63) is 24.3 Å². The van der Waals surface area contributed by atoms with E-state index in [2.05, 4.69) is 53.3 Å². The van der Waals surface area contributed by atoms with E-state index in [1.807, 2.05) is 0 Å². The third-order valence-corrected chi connectivity index (χ3v) is 6.23. The zero-order valence-electron chi connectivity index (χ0n) is 17.0. The van der Waals surface area contributed by atoms with Crippen LogP contribution in [-0.2, 0) is 0 Å². The minimum atomic E-state index is 0.165.